The maximum atomic E-state index is 13.0. The van der Waals surface area contributed by atoms with Gasteiger partial charge in [-0.2, -0.15) is 0 Å². The fraction of sp³-hybridized carbons (Fsp3) is 0.167. The fourth-order valence-corrected chi connectivity index (χ4v) is 3.63. The number of para-hydroxylation sites is 1. The second kappa shape index (κ2) is 8.62. The Bertz CT molecular complexity index is 1230. The second-order valence-electron chi connectivity index (χ2n) is 7.47. The molecule has 0 amide bonds. The first-order valence-corrected chi connectivity index (χ1v) is 9.94. The van der Waals surface area contributed by atoms with Gasteiger partial charge in [0.2, 0.25) is 0 Å². The molecule has 9 nitrogen and oxygen atoms in total. The van der Waals surface area contributed by atoms with Gasteiger partial charge in [0.05, 0.1) is 0 Å². The first kappa shape index (κ1) is 21.8. The number of benzene rings is 3. The molecule has 3 aromatic rings. The SMILES string of the molecule is CC(=O)Oc1ccccc1C(=O)O[C@H]1Cc2c(O)cc(O)cc2O[C@@H]1c1ccc(O)c(O)c1. The third kappa shape index (κ3) is 4.47. The molecular weight excluding hydrogens is 432 g/mol. The fourth-order valence-electron chi connectivity index (χ4n) is 3.63. The van der Waals surface area contributed by atoms with Crippen LogP contribution < -0.4 is 9.47 Å². The van der Waals surface area contributed by atoms with Crippen LogP contribution in [-0.2, 0) is 16.0 Å². The average molecular weight is 452 g/mol. The topological polar surface area (TPSA) is 143 Å². The minimum absolute atomic E-state index is 0.0146. The molecule has 0 aliphatic carbocycles. The molecule has 2 atom stereocenters. The summed E-state index contributed by atoms with van der Waals surface area (Å²) in [7, 11) is 0. The smallest absolute Gasteiger partial charge is 0.342 e. The molecule has 0 aromatic heterocycles. The van der Waals surface area contributed by atoms with Crippen LogP contribution in [-0.4, -0.2) is 38.5 Å². The summed E-state index contributed by atoms with van der Waals surface area (Å²) in [5.41, 5.74) is 0.712. The van der Waals surface area contributed by atoms with Crippen molar-refractivity contribution < 1.29 is 44.2 Å². The van der Waals surface area contributed by atoms with E-state index in [0.717, 1.165) is 6.07 Å². The Kier molecular flexibility index (Phi) is 5.70. The Labute approximate surface area is 188 Å². The summed E-state index contributed by atoms with van der Waals surface area (Å²) in [5, 5.41) is 39.7. The summed E-state index contributed by atoms with van der Waals surface area (Å²) in [6.45, 7) is 1.21. The normalized spacial score (nSPS) is 16.9. The number of hydrogen-bond donors (Lipinski definition) is 4. The highest BCUT2D eigenvalue weighted by atomic mass is 16.6. The van der Waals surface area contributed by atoms with E-state index in [1.54, 1.807) is 12.1 Å². The van der Waals surface area contributed by atoms with E-state index in [9.17, 15) is 30.0 Å². The zero-order valence-electron chi connectivity index (χ0n) is 17.4. The van der Waals surface area contributed by atoms with Crippen molar-refractivity contribution in [3.05, 3.63) is 71.3 Å². The Morgan fingerprint density at radius 3 is 2.42 bits per heavy atom. The van der Waals surface area contributed by atoms with Gasteiger partial charge in [-0.05, 0) is 24.3 Å². The molecule has 4 N–H and O–H groups in total. The van der Waals surface area contributed by atoms with Gasteiger partial charge < -0.3 is 34.6 Å². The molecule has 1 aliphatic rings. The third-order valence-electron chi connectivity index (χ3n) is 5.11. The molecule has 4 rings (SSSR count). The van der Waals surface area contributed by atoms with Gasteiger partial charge in [0.1, 0.15) is 34.7 Å². The summed E-state index contributed by atoms with van der Waals surface area (Å²) >= 11 is 0. The van der Waals surface area contributed by atoms with E-state index in [1.807, 2.05) is 0 Å². The van der Waals surface area contributed by atoms with Crippen LogP contribution in [0.25, 0.3) is 0 Å². The molecule has 0 bridgehead atoms. The summed E-state index contributed by atoms with van der Waals surface area (Å²) in [5.74, 6) is -2.39. The third-order valence-corrected chi connectivity index (χ3v) is 5.11. The maximum Gasteiger partial charge on any atom is 0.342 e. The lowest BCUT2D eigenvalue weighted by Gasteiger charge is -2.34. The number of aromatic hydroxyl groups is 4. The number of carbonyl (C=O) groups excluding carboxylic acids is 2. The van der Waals surface area contributed by atoms with E-state index < -0.39 is 29.9 Å². The number of fused-ring (bicyclic) bond motifs is 1. The minimum atomic E-state index is -0.977. The molecule has 0 unspecified atom stereocenters. The van der Waals surface area contributed by atoms with Crippen molar-refractivity contribution in [1.82, 2.24) is 0 Å². The van der Waals surface area contributed by atoms with Crippen molar-refractivity contribution in [2.75, 3.05) is 0 Å². The number of esters is 2. The number of ether oxygens (including phenoxy) is 3. The van der Waals surface area contributed by atoms with Crippen LogP contribution in [0.1, 0.15) is 34.5 Å². The van der Waals surface area contributed by atoms with Crippen LogP contribution in [0, 0.1) is 0 Å². The highest BCUT2D eigenvalue weighted by Gasteiger charge is 2.37. The lowest BCUT2D eigenvalue weighted by molar-refractivity contribution is -0.131. The molecule has 0 radical (unpaired) electrons. The molecule has 9 heteroatoms. The van der Waals surface area contributed by atoms with Gasteiger partial charge >= 0.3 is 11.9 Å². The van der Waals surface area contributed by atoms with Crippen molar-refractivity contribution in [2.24, 2.45) is 0 Å². The zero-order valence-corrected chi connectivity index (χ0v) is 17.4. The van der Waals surface area contributed by atoms with Crippen LogP contribution >= 0.6 is 0 Å². The predicted molar refractivity (Wildman–Crippen MR) is 114 cm³/mol. The molecule has 3 aromatic carbocycles. The summed E-state index contributed by atoms with van der Waals surface area (Å²) in [4.78, 5) is 24.4. The molecule has 0 fully saturated rings. The van der Waals surface area contributed by atoms with Crippen molar-refractivity contribution in [2.45, 2.75) is 25.6 Å². The van der Waals surface area contributed by atoms with Gasteiger partial charge in [-0.1, -0.05) is 18.2 Å². The van der Waals surface area contributed by atoms with Crippen molar-refractivity contribution in [3.8, 4) is 34.5 Å². The van der Waals surface area contributed by atoms with E-state index >= 15 is 0 Å². The van der Waals surface area contributed by atoms with Crippen LogP contribution in [0.5, 0.6) is 34.5 Å². The largest absolute Gasteiger partial charge is 0.508 e. The first-order valence-electron chi connectivity index (χ1n) is 9.94. The average Bonchev–Trinajstić information content (AvgIpc) is 2.75. The maximum absolute atomic E-state index is 13.0. The number of carbonyl (C=O) groups is 2. The van der Waals surface area contributed by atoms with E-state index in [2.05, 4.69) is 0 Å². The number of rotatable bonds is 4. The first-order chi connectivity index (χ1) is 15.7. The molecule has 170 valence electrons. The molecule has 0 spiro atoms. The van der Waals surface area contributed by atoms with Crippen LogP contribution in [0.2, 0.25) is 0 Å². The van der Waals surface area contributed by atoms with Crippen LogP contribution in [0.3, 0.4) is 0 Å². The van der Waals surface area contributed by atoms with Crippen LogP contribution in [0.4, 0.5) is 0 Å². The Morgan fingerprint density at radius 2 is 1.70 bits per heavy atom. The van der Waals surface area contributed by atoms with Crippen molar-refractivity contribution in [1.29, 1.82) is 0 Å². The van der Waals surface area contributed by atoms with Gasteiger partial charge in [-0.15, -0.1) is 0 Å². The molecule has 0 saturated heterocycles. The molecule has 1 aliphatic heterocycles. The van der Waals surface area contributed by atoms with E-state index in [-0.39, 0.29) is 40.7 Å². The lowest BCUT2D eigenvalue weighted by Crippen LogP contribution is -2.35. The number of phenolic OH excluding ortho intramolecular Hbond substituents is 4. The summed E-state index contributed by atoms with van der Waals surface area (Å²) < 4.78 is 16.7. The second-order valence-corrected chi connectivity index (χ2v) is 7.47. The number of phenols is 4. The summed E-state index contributed by atoms with van der Waals surface area (Å²) in [6.07, 6.45) is -1.90. The predicted octanol–water partition coefficient (Wildman–Crippen LogP) is 3.34. The quantitative estimate of drug-likeness (QED) is 0.266. The standard InChI is InChI=1S/C24H20O9/c1-12(25)31-20-5-3-2-4-15(20)24(30)33-22-11-16-18(28)9-14(26)10-21(16)32-23(22)13-6-7-17(27)19(29)8-13/h2-10,22-23,26-29H,11H2,1H3/t22-,23+/m0/s1. The molecule has 33 heavy (non-hydrogen) atoms. The lowest BCUT2D eigenvalue weighted by atomic mass is 9.93. The van der Waals surface area contributed by atoms with E-state index in [4.69, 9.17) is 14.2 Å². The van der Waals surface area contributed by atoms with Gasteiger partial charge in [0.15, 0.2) is 17.6 Å². The van der Waals surface area contributed by atoms with Crippen molar-refractivity contribution in [3.63, 3.8) is 0 Å². The molecule has 1 heterocycles. The number of hydrogen-bond acceptors (Lipinski definition) is 9. The molecule has 0 saturated carbocycles. The Balaban J connectivity index is 1.71. The Hall–Kier alpha value is -4.40. The molecular formula is C24H20O9. The minimum Gasteiger partial charge on any atom is -0.508 e. The summed E-state index contributed by atoms with van der Waals surface area (Å²) in [6, 6.07) is 12.5. The highest BCUT2D eigenvalue weighted by molar-refractivity contribution is 5.93. The highest BCUT2D eigenvalue weighted by Crippen LogP contribution is 2.44. The van der Waals surface area contributed by atoms with Gasteiger partial charge in [0, 0.05) is 36.6 Å². The van der Waals surface area contributed by atoms with Crippen LogP contribution in [0.15, 0.2) is 54.6 Å². The van der Waals surface area contributed by atoms with E-state index in [1.165, 1.54) is 43.3 Å². The van der Waals surface area contributed by atoms with E-state index in [0.29, 0.717) is 11.1 Å². The van der Waals surface area contributed by atoms with Crippen molar-refractivity contribution >= 4 is 11.9 Å². The monoisotopic (exact) mass is 452 g/mol. The Morgan fingerprint density at radius 1 is 0.939 bits per heavy atom. The zero-order chi connectivity index (χ0) is 23.7. The van der Waals surface area contributed by atoms with Gasteiger partial charge in [0.25, 0.3) is 0 Å². The van der Waals surface area contributed by atoms with Gasteiger partial charge in [-0.25, -0.2) is 4.79 Å². The van der Waals surface area contributed by atoms with Gasteiger partial charge in [-0.3, -0.25) is 4.79 Å².